The minimum atomic E-state index is -4.71. The predicted molar refractivity (Wildman–Crippen MR) is 78.0 cm³/mol. The molecule has 1 nitrogen and oxygen atoms in total. The van der Waals surface area contributed by atoms with Crippen LogP contribution in [0, 0.1) is 5.82 Å². The summed E-state index contributed by atoms with van der Waals surface area (Å²) in [6.45, 7) is 0. The van der Waals surface area contributed by atoms with Crippen molar-refractivity contribution in [3.63, 3.8) is 0 Å². The van der Waals surface area contributed by atoms with Crippen molar-refractivity contribution in [2.24, 2.45) is 0 Å². The van der Waals surface area contributed by atoms with Crippen LogP contribution in [-0.2, 0) is 0 Å². The molecule has 2 aromatic carbocycles. The van der Waals surface area contributed by atoms with Gasteiger partial charge in [0, 0.05) is 0 Å². The lowest BCUT2D eigenvalue weighted by Crippen LogP contribution is -2.17. The SMILES string of the molecule is Fc1ccc(C(Br)c2ccc(OC(F)(F)F)cc2)cc1Br. The second kappa shape index (κ2) is 6.36. The fraction of sp³-hybridized carbons (Fsp3) is 0.143. The van der Waals surface area contributed by atoms with Crippen LogP contribution in [0.1, 0.15) is 16.0 Å². The minimum absolute atomic E-state index is 0.269. The molecule has 0 saturated heterocycles. The smallest absolute Gasteiger partial charge is 0.406 e. The number of hydrogen-bond donors (Lipinski definition) is 0. The highest BCUT2D eigenvalue weighted by Crippen LogP contribution is 2.34. The summed E-state index contributed by atoms with van der Waals surface area (Å²) < 4.78 is 53.5. The molecule has 0 aliphatic heterocycles. The van der Waals surface area contributed by atoms with Gasteiger partial charge in [-0.15, -0.1) is 13.2 Å². The molecular weight excluding hydrogens is 420 g/mol. The maximum atomic E-state index is 13.2. The molecule has 0 saturated carbocycles. The number of hydrogen-bond acceptors (Lipinski definition) is 1. The number of alkyl halides is 4. The Morgan fingerprint density at radius 3 is 2.05 bits per heavy atom. The first kappa shape index (κ1) is 16.3. The first-order chi connectivity index (χ1) is 9.76. The van der Waals surface area contributed by atoms with Crippen molar-refractivity contribution in [1.82, 2.24) is 0 Å². The van der Waals surface area contributed by atoms with Gasteiger partial charge in [0.25, 0.3) is 0 Å². The zero-order valence-corrected chi connectivity index (χ0v) is 13.5. The molecule has 0 aliphatic rings. The second-order valence-electron chi connectivity index (χ2n) is 4.15. The third-order valence-corrected chi connectivity index (χ3v) is 4.31. The van der Waals surface area contributed by atoms with Crippen molar-refractivity contribution in [2.75, 3.05) is 0 Å². The lowest BCUT2D eigenvalue weighted by Gasteiger charge is -2.13. The molecule has 0 aliphatic carbocycles. The molecule has 2 aromatic rings. The molecule has 112 valence electrons. The molecule has 0 bridgehead atoms. The van der Waals surface area contributed by atoms with Crippen LogP contribution in [0.3, 0.4) is 0 Å². The lowest BCUT2D eigenvalue weighted by molar-refractivity contribution is -0.274. The van der Waals surface area contributed by atoms with E-state index in [1.165, 1.54) is 30.3 Å². The molecule has 21 heavy (non-hydrogen) atoms. The normalized spacial score (nSPS) is 13.0. The Morgan fingerprint density at radius 1 is 0.952 bits per heavy atom. The average Bonchev–Trinajstić information content (AvgIpc) is 2.40. The molecule has 0 fully saturated rings. The Balaban J connectivity index is 2.19. The summed E-state index contributed by atoms with van der Waals surface area (Å²) >= 11 is 6.52. The molecule has 0 radical (unpaired) electrons. The van der Waals surface area contributed by atoms with Gasteiger partial charge in [-0.2, -0.15) is 0 Å². The number of rotatable bonds is 3. The Hall–Kier alpha value is -1.08. The van der Waals surface area contributed by atoms with Crippen molar-refractivity contribution >= 4 is 31.9 Å². The Labute approximate surface area is 135 Å². The third-order valence-electron chi connectivity index (χ3n) is 2.64. The fourth-order valence-corrected chi connectivity index (χ4v) is 2.69. The molecule has 0 aromatic heterocycles. The summed E-state index contributed by atoms with van der Waals surface area (Å²) in [6.07, 6.45) is -4.71. The van der Waals surface area contributed by atoms with Crippen LogP contribution in [0.2, 0.25) is 0 Å². The molecule has 1 unspecified atom stereocenters. The largest absolute Gasteiger partial charge is 0.573 e. The molecule has 7 heteroatoms. The van der Waals surface area contributed by atoms with E-state index in [-0.39, 0.29) is 16.4 Å². The summed E-state index contributed by atoms with van der Waals surface area (Å²) in [6, 6.07) is 10.0. The van der Waals surface area contributed by atoms with E-state index in [0.717, 1.165) is 11.1 Å². The highest BCUT2D eigenvalue weighted by atomic mass is 79.9. The quantitative estimate of drug-likeness (QED) is 0.433. The first-order valence-electron chi connectivity index (χ1n) is 5.71. The van der Waals surface area contributed by atoms with Crippen molar-refractivity contribution < 1.29 is 22.3 Å². The van der Waals surface area contributed by atoms with Crippen LogP contribution in [0.4, 0.5) is 17.6 Å². The molecule has 0 heterocycles. The highest BCUT2D eigenvalue weighted by Gasteiger charge is 2.31. The van der Waals surface area contributed by atoms with Gasteiger partial charge in [0.1, 0.15) is 11.6 Å². The Morgan fingerprint density at radius 2 is 1.52 bits per heavy atom. The van der Waals surface area contributed by atoms with Gasteiger partial charge in [-0.3, -0.25) is 0 Å². The predicted octanol–water partition coefficient (Wildman–Crippen LogP) is 5.97. The third kappa shape index (κ3) is 4.44. The summed E-state index contributed by atoms with van der Waals surface area (Å²) in [5.74, 6) is -0.668. The van der Waals surface area contributed by atoms with E-state index in [1.807, 2.05) is 0 Å². The Kier molecular flexibility index (Phi) is 4.93. The molecular formula is C14H8Br2F4O. The van der Waals surface area contributed by atoms with E-state index < -0.39 is 6.36 Å². The zero-order valence-electron chi connectivity index (χ0n) is 10.3. The molecule has 0 amide bonds. The van der Waals surface area contributed by atoms with Gasteiger partial charge < -0.3 is 4.74 Å². The summed E-state index contributed by atoms with van der Waals surface area (Å²) in [5.41, 5.74) is 1.50. The van der Waals surface area contributed by atoms with E-state index >= 15 is 0 Å². The van der Waals surface area contributed by atoms with E-state index in [4.69, 9.17) is 0 Å². The minimum Gasteiger partial charge on any atom is -0.406 e. The van der Waals surface area contributed by atoms with Crippen LogP contribution in [0.15, 0.2) is 46.9 Å². The lowest BCUT2D eigenvalue weighted by atomic mass is 10.0. The van der Waals surface area contributed by atoms with Gasteiger partial charge in [-0.1, -0.05) is 34.1 Å². The van der Waals surface area contributed by atoms with E-state index in [9.17, 15) is 17.6 Å². The monoisotopic (exact) mass is 426 g/mol. The van der Waals surface area contributed by atoms with Gasteiger partial charge in [0.05, 0.1) is 9.30 Å². The summed E-state index contributed by atoms with van der Waals surface area (Å²) in [7, 11) is 0. The second-order valence-corrected chi connectivity index (χ2v) is 5.92. The molecule has 1 atom stereocenters. The van der Waals surface area contributed by atoms with Gasteiger partial charge in [0.2, 0.25) is 0 Å². The first-order valence-corrected chi connectivity index (χ1v) is 7.42. The topological polar surface area (TPSA) is 9.23 Å². The van der Waals surface area contributed by atoms with Gasteiger partial charge in [-0.25, -0.2) is 4.39 Å². The maximum Gasteiger partial charge on any atom is 0.573 e. The van der Waals surface area contributed by atoms with E-state index in [1.54, 1.807) is 12.1 Å². The highest BCUT2D eigenvalue weighted by molar-refractivity contribution is 9.10. The van der Waals surface area contributed by atoms with Gasteiger partial charge in [-0.05, 0) is 51.3 Å². The molecule has 0 N–H and O–H groups in total. The number of benzene rings is 2. The average molecular weight is 428 g/mol. The van der Waals surface area contributed by atoms with Gasteiger partial charge in [0.15, 0.2) is 0 Å². The zero-order chi connectivity index (χ0) is 15.6. The molecule has 0 spiro atoms. The molecule has 2 rings (SSSR count). The standard InChI is InChI=1S/C14H8Br2F4O/c15-11-7-9(3-6-12(11)17)13(16)8-1-4-10(5-2-8)21-14(18,19)20/h1-7,13H. The maximum absolute atomic E-state index is 13.2. The van der Waals surface area contributed by atoms with Crippen molar-refractivity contribution in [3.8, 4) is 5.75 Å². The van der Waals surface area contributed by atoms with Crippen LogP contribution in [0.25, 0.3) is 0 Å². The summed E-state index contributed by atoms with van der Waals surface area (Å²) in [4.78, 5) is -0.269. The summed E-state index contributed by atoms with van der Waals surface area (Å²) in [5, 5.41) is 0. The van der Waals surface area contributed by atoms with E-state index in [0.29, 0.717) is 4.47 Å². The van der Waals surface area contributed by atoms with Crippen LogP contribution < -0.4 is 4.74 Å². The number of halogens is 6. The van der Waals surface area contributed by atoms with Crippen molar-refractivity contribution in [2.45, 2.75) is 11.2 Å². The fourth-order valence-electron chi connectivity index (χ4n) is 1.70. The number of ether oxygens (including phenoxy) is 1. The van der Waals surface area contributed by atoms with Gasteiger partial charge >= 0.3 is 6.36 Å². The van der Waals surface area contributed by atoms with E-state index in [2.05, 4.69) is 36.6 Å². The Bertz CT molecular complexity index is 626. The van der Waals surface area contributed by atoms with Crippen LogP contribution >= 0.6 is 31.9 Å². The van der Waals surface area contributed by atoms with Crippen LogP contribution in [0.5, 0.6) is 5.75 Å². The van der Waals surface area contributed by atoms with Crippen LogP contribution in [-0.4, -0.2) is 6.36 Å². The van der Waals surface area contributed by atoms with Crippen molar-refractivity contribution in [1.29, 1.82) is 0 Å². The van der Waals surface area contributed by atoms with Crippen molar-refractivity contribution in [3.05, 3.63) is 63.9 Å².